The molecule has 1 aliphatic rings. The van der Waals surface area contributed by atoms with Crippen LogP contribution in [0.1, 0.15) is 43.5 Å². The third kappa shape index (κ3) is 4.11. The Bertz CT molecular complexity index is 850. The lowest BCUT2D eigenvalue weighted by Crippen LogP contribution is -2.14. The fourth-order valence-electron chi connectivity index (χ4n) is 3.86. The van der Waals surface area contributed by atoms with Crippen LogP contribution < -0.4 is 0 Å². The molecule has 1 aliphatic carbocycles. The fraction of sp³-hybridized carbons (Fsp3) is 0.409. The number of imidazole rings is 1. The van der Waals surface area contributed by atoms with Crippen LogP contribution in [0.3, 0.4) is 0 Å². The van der Waals surface area contributed by atoms with Crippen LogP contribution in [0, 0.1) is 5.92 Å². The van der Waals surface area contributed by atoms with Crippen molar-refractivity contribution < 1.29 is 4.74 Å². The third-order valence-electron chi connectivity index (χ3n) is 5.30. The minimum absolute atomic E-state index is 0.568. The van der Waals surface area contributed by atoms with Crippen LogP contribution in [0.4, 0.5) is 0 Å². The Hall–Kier alpha value is -1.84. The zero-order chi connectivity index (χ0) is 17.8. The SMILES string of the molecule is Clc1ccc(Cn2c(COCC3CCCCC3)nc3ccccc32)cc1. The van der Waals surface area contributed by atoms with Gasteiger partial charge < -0.3 is 9.30 Å². The van der Waals surface area contributed by atoms with E-state index in [9.17, 15) is 0 Å². The summed E-state index contributed by atoms with van der Waals surface area (Å²) in [5.74, 6) is 1.72. The van der Waals surface area contributed by atoms with Crippen molar-refractivity contribution in [1.82, 2.24) is 9.55 Å². The number of ether oxygens (including phenoxy) is 1. The zero-order valence-corrected chi connectivity index (χ0v) is 15.8. The fourth-order valence-corrected chi connectivity index (χ4v) is 3.98. The lowest BCUT2D eigenvalue weighted by atomic mass is 9.90. The van der Waals surface area contributed by atoms with Crippen molar-refractivity contribution >= 4 is 22.6 Å². The van der Waals surface area contributed by atoms with Crippen molar-refractivity contribution in [2.45, 2.75) is 45.3 Å². The average molecular weight is 369 g/mol. The molecule has 1 aromatic heterocycles. The maximum Gasteiger partial charge on any atom is 0.136 e. The van der Waals surface area contributed by atoms with Crippen molar-refractivity contribution in [3.05, 3.63) is 64.9 Å². The van der Waals surface area contributed by atoms with Gasteiger partial charge in [0, 0.05) is 18.2 Å². The minimum Gasteiger partial charge on any atom is -0.373 e. The van der Waals surface area contributed by atoms with Gasteiger partial charge in [-0.05, 0) is 48.6 Å². The third-order valence-corrected chi connectivity index (χ3v) is 5.55. The Labute approximate surface area is 160 Å². The van der Waals surface area contributed by atoms with Gasteiger partial charge in [0.15, 0.2) is 0 Å². The maximum atomic E-state index is 6.08. The van der Waals surface area contributed by atoms with Crippen LogP contribution in [0.25, 0.3) is 11.0 Å². The monoisotopic (exact) mass is 368 g/mol. The Morgan fingerprint density at radius 2 is 1.77 bits per heavy atom. The summed E-state index contributed by atoms with van der Waals surface area (Å²) in [7, 11) is 0. The van der Waals surface area contributed by atoms with Gasteiger partial charge in [0.2, 0.25) is 0 Å². The molecule has 26 heavy (non-hydrogen) atoms. The molecule has 0 N–H and O–H groups in total. The Balaban J connectivity index is 1.52. The van der Waals surface area contributed by atoms with E-state index in [1.165, 1.54) is 37.7 Å². The van der Waals surface area contributed by atoms with Crippen molar-refractivity contribution in [1.29, 1.82) is 0 Å². The number of benzene rings is 2. The molecule has 3 nitrogen and oxygen atoms in total. The molecular weight excluding hydrogens is 344 g/mol. The van der Waals surface area contributed by atoms with E-state index in [1.54, 1.807) is 0 Å². The van der Waals surface area contributed by atoms with Gasteiger partial charge in [-0.3, -0.25) is 0 Å². The summed E-state index contributed by atoms with van der Waals surface area (Å²) in [4.78, 5) is 4.82. The van der Waals surface area contributed by atoms with Gasteiger partial charge in [0.1, 0.15) is 12.4 Å². The standard InChI is InChI=1S/C22H25ClN2O/c23-19-12-10-17(11-13-19)14-25-21-9-5-4-8-20(21)24-22(25)16-26-15-18-6-2-1-3-7-18/h4-5,8-13,18H,1-3,6-7,14-16H2. The summed E-state index contributed by atoms with van der Waals surface area (Å²) in [5.41, 5.74) is 3.39. The van der Waals surface area contributed by atoms with Crippen molar-refractivity contribution in [2.75, 3.05) is 6.61 Å². The van der Waals surface area contributed by atoms with Gasteiger partial charge in [0.25, 0.3) is 0 Å². The topological polar surface area (TPSA) is 27.1 Å². The number of fused-ring (bicyclic) bond motifs is 1. The molecule has 0 saturated heterocycles. The van der Waals surface area contributed by atoms with E-state index in [-0.39, 0.29) is 0 Å². The normalized spacial score (nSPS) is 15.6. The molecule has 4 heteroatoms. The number of hydrogen-bond donors (Lipinski definition) is 0. The second-order valence-electron chi connectivity index (χ2n) is 7.25. The molecule has 1 fully saturated rings. The molecule has 3 aromatic rings. The summed E-state index contributed by atoms with van der Waals surface area (Å²) in [6.45, 7) is 2.20. The Morgan fingerprint density at radius 3 is 2.58 bits per heavy atom. The van der Waals surface area contributed by atoms with Crippen molar-refractivity contribution in [3.63, 3.8) is 0 Å². The van der Waals surface area contributed by atoms with E-state index in [2.05, 4.69) is 34.9 Å². The van der Waals surface area contributed by atoms with Gasteiger partial charge in [-0.15, -0.1) is 0 Å². The molecular formula is C22H25ClN2O. The molecule has 1 heterocycles. The number of rotatable bonds is 6. The molecule has 0 atom stereocenters. The van der Waals surface area contributed by atoms with Crippen LogP contribution >= 0.6 is 11.6 Å². The quantitative estimate of drug-likeness (QED) is 0.546. The van der Waals surface area contributed by atoms with Gasteiger partial charge in [0.05, 0.1) is 11.0 Å². The van der Waals surface area contributed by atoms with Gasteiger partial charge >= 0.3 is 0 Å². The average Bonchev–Trinajstić information content (AvgIpc) is 3.02. The van der Waals surface area contributed by atoms with Crippen LogP contribution in [0.15, 0.2) is 48.5 Å². The lowest BCUT2D eigenvalue weighted by molar-refractivity contribution is 0.0687. The Morgan fingerprint density at radius 1 is 1.00 bits per heavy atom. The van der Waals surface area contributed by atoms with E-state index in [0.29, 0.717) is 6.61 Å². The molecule has 136 valence electrons. The second-order valence-corrected chi connectivity index (χ2v) is 7.68. The smallest absolute Gasteiger partial charge is 0.136 e. The summed E-state index contributed by atoms with van der Waals surface area (Å²) >= 11 is 6.02. The minimum atomic E-state index is 0.568. The van der Waals surface area contributed by atoms with E-state index in [1.807, 2.05) is 18.2 Å². The van der Waals surface area contributed by atoms with E-state index in [4.69, 9.17) is 21.3 Å². The van der Waals surface area contributed by atoms with Crippen LogP contribution in [-0.4, -0.2) is 16.2 Å². The molecule has 0 unspecified atom stereocenters. The first kappa shape index (κ1) is 17.6. The summed E-state index contributed by atoms with van der Waals surface area (Å²) in [6, 6.07) is 16.3. The molecule has 1 saturated carbocycles. The number of para-hydroxylation sites is 2. The molecule has 0 amide bonds. The van der Waals surface area contributed by atoms with E-state index >= 15 is 0 Å². The number of nitrogens with zero attached hydrogens (tertiary/aromatic N) is 2. The maximum absolute atomic E-state index is 6.08. The number of halogens is 1. The second kappa shape index (κ2) is 8.24. The predicted molar refractivity (Wildman–Crippen MR) is 107 cm³/mol. The summed E-state index contributed by atoms with van der Waals surface area (Å²) in [6.07, 6.45) is 6.70. The first-order valence-electron chi connectivity index (χ1n) is 9.56. The first-order chi connectivity index (χ1) is 12.8. The number of aromatic nitrogens is 2. The van der Waals surface area contributed by atoms with E-state index < -0.39 is 0 Å². The highest BCUT2D eigenvalue weighted by molar-refractivity contribution is 6.30. The highest BCUT2D eigenvalue weighted by Crippen LogP contribution is 2.24. The van der Waals surface area contributed by atoms with Gasteiger partial charge in [-0.1, -0.05) is 55.1 Å². The van der Waals surface area contributed by atoms with Crippen LogP contribution in [-0.2, 0) is 17.9 Å². The lowest BCUT2D eigenvalue weighted by Gasteiger charge is -2.21. The van der Waals surface area contributed by atoms with Crippen LogP contribution in [0.2, 0.25) is 5.02 Å². The molecule has 0 aliphatic heterocycles. The summed E-state index contributed by atoms with van der Waals surface area (Å²) < 4.78 is 8.35. The molecule has 0 radical (unpaired) electrons. The van der Waals surface area contributed by atoms with Gasteiger partial charge in [-0.25, -0.2) is 4.98 Å². The molecule has 2 aromatic carbocycles. The largest absolute Gasteiger partial charge is 0.373 e. The van der Waals surface area contributed by atoms with E-state index in [0.717, 1.165) is 40.9 Å². The molecule has 0 spiro atoms. The zero-order valence-electron chi connectivity index (χ0n) is 15.0. The van der Waals surface area contributed by atoms with Crippen LogP contribution in [0.5, 0.6) is 0 Å². The number of hydrogen-bond acceptors (Lipinski definition) is 2. The first-order valence-corrected chi connectivity index (χ1v) is 9.94. The van der Waals surface area contributed by atoms with Crippen molar-refractivity contribution in [3.8, 4) is 0 Å². The van der Waals surface area contributed by atoms with Crippen molar-refractivity contribution in [2.24, 2.45) is 5.92 Å². The highest BCUT2D eigenvalue weighted by atomic mass is 35.5. The highest BCUT2D eigenvalue weighted by Gasteiger charge is 2.15. The molecule has 4 rings (SSSR count). The summed E-state index contributed by atoms with van der Waals surface area (Å²) in [5, 5.41) is 0.764. The molecule has 0 bridgehead atoms. The Kier molecular flexibility index (Phi) is 5.57. The van der Waals surface area contributed by atoms with Gasteiger partial charge in [-0.2, -0.15) is 0 Å². The predicted octanol–water partition coefficient (Wildman–Crippen LogP) is 5.83.